The summed E-state index contributed by atoms with van der Waals surface area (Å²) in [6.07, 6.45) is 0.445. The number of rotatable bonds is 2. The van der Waals surface area contributed by atoms with Crippen LogP contribution in [0.2, 0.25) is 5.02 Å². The van der Waals surface area contributed by atoms with Gasteiger partial charge in [-0.2, -0.15) is 0 Å². The topological polar surface area (TPSA) is 32.3 Å². The number of nitrogens with zero attached hydrogens (tertiary/aromatic N) is 1. The first-order chi connectivity index (χ1) is 7.75. The number of carbonyl (C=O) groups is 1. The number of benzene rings is 1. The summed E-state index contributed by atoms with van der Waals surface area (Å²) in [4.78, 5) is 13.8. The summed E-state index contributed by atoms with van der Waals surface area (Å²) in [5.74, 6) is 0.184. The Balaban J connectivity index is 1.96. The molecular formula is C12H15ClN2O. The first-order valence-corrected chi connectivity index (χ1v) is 5.86. The van der Waals surface area contributed by atoms with E-state index in [1.807, 2.05) is 29.2 Å². The van der Waals surface area contributed by atoms with Crippen LogP contribution in [0.4, 0.5) is 0 Å². The Hall–Kier alpha value is -1.06. The minimum atomic E-state index is 0.184. The molecular weight excluding hydrogens is 224 g/mol. The molecule has 1 aromatic carbocycles. The van der Waals surface area contributed by atoms with Crippen molar-refractivity contribution >= 4 is 17.5 Å². The molecule has 86 valence electrons. The van der Waals surface area contributed by atoms with Crippen molar-refractivity contribution in [3.63, 3.8) is 0 Å². The maximum atomic E-state index is 11.9. The lowest BCUT2D eigenvalue weighted by Crippen LogP contribution is -2.46. The van der Waals surface area contributed by atoms with Crippen LogP contribution in [0.25, 0.3) is 0 Å². The van der Waals surface area contributed by atoms with Gasteiger partial charge in [0.05, 0.1) is 6.42 Å². The van der Waals surface area contributed by atoms with Gasteiger partial charge in [-0.3, -0.25) is 4.79 Å². The van der Waals surface area contributed by atoms with Crippen molar-refractivity contribution < 1.29 is 4.79 Å². The molecule has 16 heavy (non-hydrogen) atoms. The van der Waals surface area contributed by atoms with Gasteiger partial charge >= 0.3 is 0 Å². The molecule has 1 saturated heterocycles. The molecule has 0 radical (unpaired) electrons. The monoisotopic (exact) mass is 238 g/mol. The van der Waals surface area contributed by atoms with Crippen LogP contribution in [-0.4, -0.2) is 37.0 Å². The van der Waals surface area contributed by atoms with Crippen LogP contribution in [0, 0.1) is 0 Å². The Morgan fingerprint density at radius 3 is 2.81 bits per heavy atom. The zero-order chi connectivity index (χ0) is 11.4. The van der Waals surface area contributed by atoms with Crippen LogP contribution >= 0.6 is 11.6 Å². The van der Waals surface area contributed by atoms with Crippen molar-refractivity contribution in [1.29, 1.82) is 0 Å². The SMILES string of the molecule is O=C(Cc1cccc(Cl)c1)N1CCNCC1. The number of carbonyl (C=O) groups excluding carboxylic acids is 1. The Labute approximate surface area is 100 Å². The molecule has 4 heteroatoms. The van der Waals surface area contributed by atoms with Gasteiger partial charge in [0.15, 0.2) is 0 Å². The van der Waals surface area contributed by atoms with Crippen LogP contribution in [0.3, 0.4) is 0 Å². The molecule has 0 spiro atoms. The van der Waals surface area contributed by atoms with E-state index in [0.29, 0.717) is 11.4 Å². The number of nitrogens with one attached hydrogen (secondary N) is 1. The van der Waals surface area contributed by atoms with Crippen molar-refractivity contribution in [3.05, 3.63) is 34.9 Å². The highest BCUT2D eigenvalue weighted by atomic mass is 35.5. The Morgan fingerprint density at radius 1 is 1.38 bits per heavy atom. The molecule has 3 nitrogen and oxygen atoms in total. The van der Waals surface area contributed by atoms with E-state index < -0.39 is 0 Å². The normalized spacial score (nSPS) is 16.2. The lowest BCUT2D eigenvalue weighted by atomic mass is 10.1. The van der Waals surface area contributed by atoms with Crippen LogP contribution in [0.5, 0.6) is 0 Å². The van der Waals surface area contributed by atoms with Gasteiger partial charge < -0.3 is 10.2 Å². The van der Waals surface area contributed by atoms with E-state index in [9.17, 15) is 4.79 Å². The van der Waals surface area contributed by atoms with E-state index in [0.717, 1.165) is 31.7 Å². The molecule has 0 unspecified atom stereocenters. The second-order valence-corrected chi connectivity index (χ2v) is 4.37. The summed E-state index contributed by atoms with van der Waals surface area (Å²) in [7, 11) is 0. The van der Waals surface area contributed by atoms with Gasteiger partial charge in [-0.05, 0) is 17.7 Å². The van der Waals surface area contributed by atoms with Gasteiger partial charge in [-0.15, -0.1) is 0 Å². The van der Waals surface area contributed by atoms with Gasteiger partial charge in [0.2, 0.25) is 5.91 Å². The standard InChI is InChI=1S/C12H15ClN2O/c13-11-3-1-2-10(8-11)9-12(16)15-6-4-14-5-7-15/h1-3,8,14H,4-7,9H2. The average Bonchev–Trinajstić information content (AvgIpc) is 2.30. The fourth-order valence-electron chi connectivity index (χ4n) is 1.85. The zero-order valence-corrected chi connectivity index (χ0v) is 9.83. The van der Waals surface area contributed by atoms with Gasteiger partial charge in [-0.1, -0.05) is 23.7 Å². The first-order valence-electron chi connectivity index (χ1n) is 5.48. The van der Waals surface area contributed by atoms with E-state index >= 15 is 0 Å². The second-order valence-electron chi connectivity index (χ2n) is 3.94. The van der Waals surface area contributed by atoms with Crippen LogP contribution < -0.4 is 5.32 Å². The summed E-state index contributed by atoms with van der Waals surface area (Å²) in [5.41, 5.74) is 0.982. The van der Waals surface area contributed by atoms with Crippen molar-refractivity contribution in [2.24, 2.45) is 0 Å². The molecule has 1 aliphatic heterocycles. The average molecular weight is 239 g/mol. The van der Waals surface area contributed by atoms with E-state index in [-0.39, 0.29) is 5.91 Å². The van der Waals surface area contributed by atoms with Crippen LogP contribution in [0.15, 0.2) is 24.3 Å². The molecule has 0 saturated carbocycles. The fraction of sp³-hybridized carbons (Fsp3) is 0.417. The van der Waals surface area contributed by atoms with Crippen molar-refractivity contribution in [2.75, 3.05) is 26.2 Å². The van der Waals surface area contributed by atoms with Gasteiger partial charge in [0.1, 0.15) is 0 Å². The zero-order valence-electron chi connectivity index (χ0n) is 9.08. The number of piperazine rings is 1. The van der Waals surface area contributed by atoms with Gasteiger partial charge in [0, 0.05) is 31.2 Å². The summed E-state index contributed by atoms with van der Waals surface area (Å²) < 4.78 is 0. The lowest BCUT2D eigenvalue weighted by molar-refractivity contribution is -0.131. The summed E-state index contributed by atoms with van der Waals surface area (Å²) in [6, 6.07) is 7.48. The predicted octanol–water partition coefficient (Wildman–Crippen LogP) is 1.31. The fourth-order valence-corrected chi connectivity index (χ4v) is 2.06. The highest BCUT2D eigenvalue weighted by molar-refractivity contribution is 6.30. The van der Waals surface area contributed by atoms with Crippen molar-refractivity contribution in [3.8, 4) is 0 Å². The van der Waals surface area contributed by atoms with Gasteiger partial charge in [-0.25, -0.2) is 0 Å². The number of halogens is 1. The molecule has 1 N–H and O–H groups in total. The Morgan fingerprint density at radius 2 is 2.12 bits per heavy atom. The van der Waals surface area contributed by atoms with E-state index in [4.69, 9.17) is 11.6 Å². The highest BCUT2D eigenvalue weighted by Crippen LogP contribution is 2.12. The second kappa shape index (κ2) is 5.32. The lowest BCUT2D eigenvalue weighted by Gasteiger charge is -2.27. The molecule has 1 aromatic rings. The molecule has 0 bridgehead atoms. The van der Waals surface area contributed by atoms with E-state index in [1.165, 1.54) is 0 Å². The molecule has 0 aromatic heterocycles. The molecule has 1 aliphatic rings. The maximum absolute atomic E-state index is 11.9. The molecule has 1 heterocycles. The number of amides is 1. The minimum absolute atomic E-state index is 0.184. The third-order valence-corrected chi connectivity index (χ3v) is 2.95. The molecule has 0 aliphatic carbocycles. The molecule has 2 rings (SSSR count). The van der Waals surface area contributed by atoms with Crippen LogP contribution in [0.1, 0.15) is 5.56 Å². The number of hydrogen-bond donors (Lipinski definition) is 1. The van der Waals surface area contributed by atoms with Gasteiger partial charge in [0.25, 0.3) is 0 Å². The molecule has 1 amide bonds. The van der Waals surface area contributed by atoms with E-state index in [2.05, 4.69) is 5.32 Å². The maximum Gasteiger partial charge on any atom is 0.227 e. The summed E-state index contributed by atoms with van der Waals surface area (Å²) >= 11 is 5.88. The third-order valence-electron chi connectivity index (χ3n) is 2.71. The Kier molecular flexibility index (Phi) is 3.80. The third kappa shape index (κ3) is 2.97. The van der Waals surface area contributed by atoms with Crippen molar-refractivity contribution in [2.45, 2.75) is 6.42 Å². The summed E-state index contributed by atoms with van der Waals surface area (Å²) in [6.45, 7) is 3.39. The molecule has 0 atom stereocenters. The summed E-state index contributed by atoms with van der Waals surface area (Å²) in [5, 5.41) is 3.91. The van der Waals surface area contributed by atoms with E-state index in [1.54, 1.807) is 0 Å². The first kappa shape index (κ1) is 11.4. The Bertz CT molecular complexity index is 375. The highest BCUT2D eigenvalue weighted by Gasteiger charge is 2.16. The van der Waals surface area contributed by atoms with Crippen molar-refractivity contribution in [1.82, 2.24) is 10.2 Å². The molecule has 1 fully saturated rings. The largest absolute Gasteiger partial charge is 0.340 e. The van der Waals surface area contributed by atoms with Crippen LogP contribution in [-0.2, 0) is 11.2 Å². The predicted molar refractivity (Wildman–Crippen MR) is 64.6 cm³/mol. The minimum Gasteiger partial charge on any atom is -0.340 e. The number of hydrogen-bond acceptors (Lipinski definition) is 2. The quantitative estimate of drug-likeness (QED) is 0.843. The smallest absolute Gasteiger partial charge is 0.227 e.